The van der Waals surface area contributed by atoms with Gasteiger partial charge in [0.2, 0.25) is 0 Å². The van der Waals surface area contributed by atoms with Crippen LogP contribution < -0.4 is 5.32 Å². The minimum atomic E-state index is -3.45. The molecule has 6 nitrogen and oxygen atoms in total. The van der Waals surface area contributed by atoms with Crippen molar-refractivity contribution < 1.29 is 13.2 Å². The minimum absolute atomic E-state index is 0.252. The second-order valence-electron chi connectivity index (χ2n) is 5.61. The zero-order chi connectivity index (χ0) is 18.2. The van der Waals surface area contributed by atoms with Crippen LogP contribution in [0.2, 0.25) is 5.02 Å². The van der Waals surface area contributed by atoms with Gasteiger partial charge in [-0.2, -0.15) is 0 Å². The number of hydrogen-bond acceptors (Lipinski definition) is 4. The second-order valence-corrected chi connectivity index (χ2v) is 9.59. The summed E-state index contributed by atoms with van der Waals surface area (Å²) in [6.45, 7) is 0.253. The van der Waals surface area contributed by atoms with E-state index in [1.165, 1.54) is 14.1 Å². The summed E-state index contributed by atoms with van der Waals surface area (Å²) >= 11 is 7.08. The number of sulfonamides is 1. The van der Waals surface area contributed by atoms with Crippen molar-refractivity contribution in [3.63, 3.8) is 0 Å². The van der Waals surface area contributed by atoms with Crippen molar-refractivity contribution in [2.24, 2.45) is 0 Å². The van der Waals surface area contributed by atoms with Gasteiger partial charge in [0.25, 0.3) is 15.9 Å². The number of nitrogens with one attached hydrogen (secondary N) is 2. The van der Waals surface area contributed by atoms with Crippen molar-refractivity contribution in [1.82, 2.24) is 14.6 Å². The van der Waals surface area contributed by atoms with Gasteiger partial charge in [0.05, 0.1) is 6.54 Å². The molecule has 0 bridgehead atoms. The number of aromatic amines is 1. The number of carbonyl (C=O) groups is 1. The first-order valence-electron chi connectivity index (χ1n) is 7.35. The van der Waals surface area contributed by atoms with Gasteiger partial charge in [-0.25, -0.2) is 12.7 Å². The van der Waals surface area contributed by atoms with Crippen molar-refractivity contribution in [1.29, 1.82) is 0 Å². The Morgan fingerprint density at radius 3 is 2.72 bits per heavy atom. The van der Waals surface area contributed by atoms with Crippen LogP contribution >= 0.6 is 22.9 Å². The van der Waals surface area contributed by atoms with E-state index in [9.17, 15) is 13.2 Å². The zero-order valence-electron chi connectivity index (χ0n) is 13.5. The molecule has 0 fully saturated rings. The Balaban J connectivity index is 1.71. The Labute approximate surface area is 154 Å². The van der Waals surface area contributed by atoms with Gasteiger partial charge < -0.3 is 10.3 Å². The number of hydrogen-bond donors (Lipinski definition) is 2. The maximum Gasteiger partial charge on any atom is 0.268 e. The standard InChI is InChI=1S/C16H16ClN3O3S2/c1-20(2)25(22,23)15-6-4-12(24-15)9-18-16(21)14-8-10-7-11(17)3-5-13(10)19-14/h3-8,19H,9H2,1-2H3,(H,18,21). The molecule has 0 unspecified atom stereocenters. The van der Waals surface area contributed by atoms with E-state index in [4.69, 9.17) is 11.6 Å². The third kappa shape index (κ3) is 3.72. The number of nitrogens with zero attached hydrogens (tertiary/aromatic N) is 1. The van der Waals surface area contributed by atoms with Crippen molar-refractivity contribution in [3.05, 3.63) is 52.0 Å². The molecular formula is C16H16ClN3O3S2. The first-order valence-corrected chi connectivity index (χ1v) is 9.98. The Kier molecular flexibility index (Phi) is 4.88. The summed E-state index contributed by atoms with van der Waals surface area (Å²) in [6, 6.07) is 10.3. The highest BCUT2D eigenvalue weighted by atomic mass is 35.5. The third-order valence-corrected chi connectivity index (χ3v) is 7.23. The number of H-pyrrole nitrogens is 1. The summed E-state index contributed by atoms with van der Waals surface area (Å²) in [6.07, 6.45) is 0. The number of amides is 1. The van der Waals surface area contributed by atoms with Gasteiger partial charge in [0.1, 0.15) is 9.90 Å². The quantitative estimate of drug-likeness (QED) is 0.694. The molecule has 0 aliphatic carbocycles. The smallest absolute Gasteiger partial charge is 0.268 e. The van der Waals surface area contributed by atoms with Crippen molar-refractivity contribution in [2.75, 3.05) is 14.1 Å². The van der Waals surface area contributed by atoms with Gasteiger partial charge in [-0.3, -0.25) is 4.79 Å². The van der Waals surface area contributed by atoms with E-state index >= 15 is 0 Å². The van der Waals surface area contributed by atoms with E-state index in [-0.39, 0.29) is 16.7 Å². The highest BCUT2D eigenvalue weighted by Gasteiger charge is 2.19. The topological polar surface area (TPSA) is 82.3 Å². The predicted octanol–water partition coefficient (Wildman–Crippen LogP) is 3.06. The van der Waals surface area contributed by atoms with Crippen LogP contribution in [0.15, 0.2) is 40.6 Å². The molecule has 3 aromatic rings. The molecule has 0 saturated heterocycles. The average molecular weight is 398 g/mol. The Bertz CT molecular complexity index is 1040. The lowest BCUT2D eigenvalue weighted by molar-refractivity contribution is 0.0947. The number of carbonyl (C=O) groups excluding carboxylic acids is 1. The summed E-state index contributed by atoms with van der Waals surface area (Å²) in [5.41, 5.74) is 1.25. The third-order valence-electron chi connectivity index (χ3n) is 3.62. The molecule has 2 heterocycles. The number of halogens is 1. The van der Waals surface area contributed by atoms with Crippen molar-refractivity contribution >= 4 is 49.8 Å². The molecule has 1 amide bonds. The summed E-state index contributed by atoms with van der Waals surface area (Å²) < 4.78 is 25.5. The van der Waals surface area contributed by atoms with E-state index in [0.717, 1.165) is 31.4 Å². The SMILES string of the molecule is CN(C)S(=O)(=O)c1ccc(CNC(=O)c2cc3cc(Cl)ccc3[nH]2)s1. The lowest BCUT2D eigenvalue weighted by Crippen LogP contribution is -2.22. The fourth-order valence-corrected chi connectivity index (χ4v) is 4.91. The molecule has 0 saturated carbocycles. The van der Waals surface area contributed by atoms with Crippen LogP contribution in [0.25, 0.3) is 10.9 Å². The van der Waals surface area contributed by atoms with Gasteiger partial charge in [0.15, 0.2) is 0 Å². The van der Waals surface area contributed by atoms with E-state index in [2.05, 4.69) is 10.3 Å². The number of thiophene rings is 1. The Morgan fingerprint density at radius 1 is 1.24 bits per heavy atom. The minimum Gasteiger partial charge on any atom is -0.351 e. The van der Waals surface area contributed by atoms with E-state index in [0.29, 0.717) is 10.7 Å². The van der Waals surface area contributed by atoms with Gasteiger partial charge in [-0.05, 0) is 36.4 Å². The number of benzene rings is 1. The molecule has 9 heteroatoms. The second kappa shape index (κ2) is 6.80. The highest BCUT2D eigenvalue weighted by molar-refractivity contribution is 7.91. The van der Waals surface area contributed by atoms with Crippen LogP contribution in [0.5, 0.6) is 0 Å². The van der Waals surface area contributed by atoms with Crippen molar-refractivity contribution in [3.8, 4) is 0 Å². The van der Waals surface area contributed by atoms with Crippen molar-refractivity contribution in [2.45, 2.75) is 10.8 Å². The summed E-state index contributed by atoms with van der Waals surface area (Å²) in [4.78, 5) is 16.1. The molecular weight excluding hydrogens is 382 g/mol. The van der Waals surface area contributed by atoms with Crippen LogP contribution in [-0.2, 0) is 16.6 Å². The largest absolute Gasteiger partial charge is 0.351 e. The monoisotopic (exact) mass is 397 g/mol. The van der Waals surface area contributed by atoms with Crippen LogP contribution in [0.1, 0.15) is 15.4 Å². The fourth-order valence-electron chi connectivity index (χ4n) is 2.26. The molecule has 0 radical (unpaired) electrons. The van der Waals surface area contributed by atoms with E-state index in [1.807, 2.05) is 6.07 Å². The van der Waals surface area contributed by atoms with Gasteiger partial charge >= 0.3 is 0 Å². The van der Waals surface area contributed by atoms with Gasteiger partial charge in [-0.1, -0.05) is 11.6 Å². The van der Waals surface area contributed by atoms with Crippen LogP contribution in [0.3, 0.4) is 0 Å². The normalized spacial score (nSPS) is 12.0. The van der Waals surface area contributed by atoms with Gasteiger partial charge in [-0.15, -0.1) is 11.3 Å². The molecule has 0 atom stereocenters. The number of fused-ring (bicyclic) bond motifs is 1. The lowest BCUT2D eigenvalue weighted by Gasteiger charge is -2.08. The van der Waals surface area contributed by atoms with Crippen LogP contribution in [0, 0.1) is 0 Å². The maximum atomic E-state index is 12.3. The molecule has 2 aromatic heterocycles. The number of rotatable bonds is 5. The fraction of sp³-hybridized carbons (Fsp3) is 0.188. The van der Waals surface area contributed by atoms with E-state index < -0.39 is 10.0 Å². The highest BCUT2D eigenvalue weighted by Crippen LogP contribution is 2.24. The molecule has 132 valence electrons. The zero-order valence-corrected chi connectivity index (χ0v) is 15.9. The molecule has 0 spiro atoms. The van der Waals surface area contributed by atoms with Gasteiger partial charge in [0, 0.05) is 34.9 Å². The molecule has 3 rings (SSSR count). The molecule has 0 aliphatic rings. The van der Waals surface area contributed by atoms with Crippen LogP contribution in [0.4, 0.5) is 0 Å². The lowest BCUT2D eigenvalue weighted by atomic mass is 10.2. The Morgan fingerprint density at radius 2 is 2.00 bits per heavy atom. The van der Waals surface area contributed by atoms with Crippen LogP contribution in [-0.4, -0.2) is 37.7 Å². The first kappa shape index (κ1) is 17.9. The average Bonchev–Trinajstić information content (AvgIpc) is 3.19. The Hall–Kier alpha value is -1.87. The molecule has 2 N–H and O–H groups in total. The predicted molar refractivity (Wildman–Crippen MR) is 99.7 cm³/mol. The summed E-state index contributed by atoms with van der Waals surface area (Å²) in [5.74, 6) is -0.266. The molecule has 0 aliphatic heterocycles. The maximum absolute atomic E-state index is 12.3. The summed E-state index contributed by atoms with van der Waals surface area (Å²) in [5, 5.41) is 4.24. The van der Waals surface area contributed by atoms with E-state index in [1.54, 1.807) is 30.3 Å². The summed E-state index contributed by atoms with van der Waals surface area (Å²) in [7, 11) is -0.478. The first-order chi connectivity index (χ1) is 11.8. The molecule has 1 aromatic carbocycles. The molecule has 25 heavy (non-hydrogen) atoms. The number of aromatic nitrogens is 1.